The van der Waals surface area contributed by atoms with E-state index in [4.69, 9.17) is 26.4 Å². The first kappa shape index (κ1) is 22.9. The van der Waals surface area contributed by atoms with Gasteiger partial charge in [-0.15, -0.1) is 0 Å². The zero-order valence-corrected chi connectivity index (χ0v) is 19.7. The minimum absolute atomic E-state index is 0.0659. The van der Waals surface area contributed by atoms with Gasteiger partial charge in [-0.25, -0.2) is 0 Å². The van der Waals surface area contributed by atoms with Gasteiger partial charge in [-0.2, -0.15) is 0 Å². The van der Waals surface area contributed by atoms with Crippen LogP contribution in [0, 0.1) is 0 Å². The average Bonchev–Trinajstić information content (AvgIpc) is 3.11. The predicted molar refractivity (Wildman–Crippen MR) is 136 cm³/mol. The molecule has 0 N–H and O–H groups in total. The van der Waals surface area contributed by atoms with Gasteiger partial charge < -0.3 is 14.2 Å². The summed E-state index contributed by atoms with van der Waals surface area (Å²) in [5.74, 6) is 2.15. The van der Waals surface area contributed by atoms with Gasteiger partial charge in [0.2, 0.25) is 0 Å². The van der Waals surface area contributed by atoms with Gasteiger partial charge in [0, 0.05) is 6.07 Å². The molecule has 1 fully saturated rings. The molecule has 3 aromatic rings. The Bertz CT molecular complexity index is 1150. The molecule has 1 amide bonds. The van der Waals surface area contributed by atoms with Crippen molar-refractivity contribution in [1.29, 1.82) is 0 Å². The second-order valence-corrected chi connectivity index (χ2v) is 8.87. The molecule has 0 aliphatic carbocycles. The minimum atomic E-state index is -0.0659. The first-order valence-corrected chi connectivity index (χ1v) is 11.6. The Labute approximate surface area is 203 Å². The number of hydrogen-bond acceptors (Lipinski definition) is 6. The quantitative estimate of drug-likeness (QED) is 0.229. The average molecular weight is 478 g/mol. The third-order valence-corrected chi connectivity index (χ3v) is 6.27. The number of nitrogens with zero attached hydrogens (tertiary/aromatic N) is 1. The van der Waals surface area contributed by atoms with Crippen LogP contribution in [0.1, 0.15) is 11.1 Å². The number of thioether (sulfide) groups is 1. The predicted octanol–water partition coefficient (Wildman–Crippen LogP) is 5.55. The summed E-state index contributed by atoms with van der Waals surface area (Å²) in [5, 5.41) is 0. The van der Waals surface area contributed by atoms with Crippen molar-refractivity contribution in [2.24, 2.45) is 0 Å². The van der Waals surface area contributed by atoms with Crippen molar-refractivity contribution in [2.45, 2.75) is 6.54 Å². The fourth-order valence-electron chi connectivity index (χ4n) is 3.22. The number of carbonyl (C=O) groups excluding carboxylic acids is 1. The van der Waals surface area contributed by atoms with E-state index in [0.717, 1.165) is 28.4 Å². The van der Waals surface area contributed by atoms with E-state index >= 15 is 0 Å². The lowest BCUT2D eigenvalue weighted by molar-refractivity contribution is -0.122. The Hall–Kier alpha value is -3.29. The number of thiocarbonyl (C=S) groups is 1. The van der Waals surface area contributed by atoms with Crippen LogP contribution in [-0.4, -0.2) is 35.5 Å². The summed E-state index contributed by atoms with van der Waals surface area (Å²) in [5.41, 5.74) is 1.96. The maximum absolute atomic E-state index is 12.8. The van der Waals surface area contributed by atoms with Crippen molar-refractivity contribution >= 4 is 40.3 Å². The van der Waals surface area contributed by atoms with Crippen LogP contribution in [0.15, 0.2) is 83.8 Å². The van der Waals surface area contributed by atoms with Crippen LogP contribution in [0.5, 0.6) is 17.2 Å². The van der Waals surface area contributed by atoms with Crippen LogP contribution in [0.3, 0.4) is 0 Å². The van der Waals surface area contributed by atoms with E-state index in [1.54, 1.807) is 12.0 Å². The number of rotatable bonds is 9. The third kappa shape index (κ3) is 6.15. The molecule has 0 unspecified atom stereocenters. The Morgan fingerprint density at radius 2 is 1.58 bits per heavy atom. The molecular formula is C26H23NO4S2. The summed E-state index contributed by atoms with van der Waals surface area (Å²) in [6, 6.07) is 24.9. The van der Waals surface area contributed by atoms with Gasteiger partial charge in [0.1, 0.15) is 34.8 Å². The monoisotopic (exact) mass is 477 g/mol. The van der Waals surface area contributed by atoms with Crippen molar-refractivity contribution in [3.63, 3.8) is 0 Å². The van der Waals surface area contributed by atoms with Gasteiger partial charge in [0.25, 0.3) is 5.91 Å². The first-order chi connectivity index (χ1) is 16.1. The van der Waals surface area contributed by atoms with Gasteiger partial charge in [0.15, 0.2) is 0 Å². The summed E-state index contributed by atoms with van der Waals surface area (Å²) in [6.07, 6.45) is 1.86. The zero-order chi connectivity index (χ0) is 23.0. The standard InChI is InChI=1S/C26H23NO4S2/c1-29-22-8-5-9-23(17-22)31-15-14-30-21-12-10-19(11-13-21)16-24-25(28)27(26(32)33-24)18-20-6-3-2-4-7-20/h2-13,16-17H,14-15,18H2,1H3/b24-16-. The summed E-state index contributed by atoms with van der Waals surface area (Å²) >= 11 is 6.76. The van der Waals surface area contributed by atoms with Crippen molar-refractivity contribution in [3.8, 4) is 17.2 Å². The van der Waals surface area contributed by atoms with E-state index in [1.807, 2.05) is 84.9 Å². The highest BCUT2D eigenvalue weighted by Crippen LogP contribution is 2.33. The molecule has 5 nitrogen and oxygen atoms in total. The summed E-state index contributed by atoms with van der Waals surface area (Å²) in [6.45, 7) is 1.31. The van der Waals surface area contributed by atoms with Crippen LogP contribution in [0.2, 0.25) is 0 Å². The van der Waals surface area contributed by atoms with E-state index in [0.29, 0.717) is 29.0 Å². The molecule has 1 aliphatic rings. The topological polar surface area (TPSA) is 48.0 Å². The molecule has 4 rings (SSSR count). The van der Waals surface area contributed by atoms with E-state index in [9.17, 15) is 4.79 Å². The lowest BCUT2D eigenvalue weighted by Gasteiger charge is -2.14. The van der Waals surface area contributed by atoms with Crippen molar-refractivity contribution < 1.29 is 19.0 Å². The maximum atomic E-state index is 12.8. The van der Waals surface area contributed by atoms with Gasteiger partial charge >= 0.3 is 0 Å². The lowest BCUT2D eigenvalue weighted by Crippen LogP contribution is -2.27. The number of benzene rings is 3. The molecule has 168 valence electrons. The second kappa shape index (κ2) is 11.0. The van der Waals surface area contributed by atoms with Crippen LogP contribution in [0.25, 0.3) is 6.08 Å². The zero-order valence-electron chi connectivity index (χ0n) is 18.1. The SMILES string of the molecule is COc1cccc(OCCOc2ccc(/C=C3\SC(=S)N(Cc4ccccc4)C3=O)cc2)c1. The second-order valence-electron chi connectivity index (χ2n) is 7.20. The fraction of sp³-hybridized carbons (Fsp3) is 0.154. The summed E-state index contributed by atoms with van der Waals surface area (Å²) < 4.78 is 17.2. The van der Waals surface area contributed by atoms with Gasteiger partial charge in [0.05, 0.1) is 18.6 Å². The molecular weight excluding hydrogens is 454 g/mol. The summed E-state index contributed by atoms with van der Waals surface area (Å²) in [4.78, 5) is 15.1. The molecule has 7 heteroatoms. The highest BCUT2D eigenvalue weighted by Gasteiger charge is 2.31. The highest BCUT2D eigenvalue weighted by molar-refractivity contribution is 8.26. The Morgan fingerprint density at radius 3 is 2.30 bits per heavy atom. The van der Waals surface area contributed by atoms with Crippen LogP contribution in [0.4, 0.5) is 0 Å². The van der Waals surface area contributed by atoms with Gasteiger partial charge in [-0.3, -0.25) is 9.69 Å². The van der Waals surface area contributed by atoms with Crippen LogP contribution in [-0.2, 0) is 11.3 Å². The molecule has 1 saturated heterocycles. The maximum Gasteiger partial charge on any atom is 0.266 e. The van der Waals surface area contributed by atoms with Gasteiger partial charge in [-0.1, -0.05) is 72.5 Å². The molecule has 0 atom stereocenters. The number of carbonyl (C=O) groups is 1. The number of hydrogen-bond donors (Lipinski definition) is 0. The summed E-state index contributed by atoms with van der Waals surface area (Å²) in [7, 11) is 1.62. The van der Waals surface area contributed by atoms with Gasteiger partial charge in [-0.05, 0) is 41.5 Å². The molecule has 33 heavy (non-hydrogen) atoms. The van der Waals surface area contributed by atoms with Crippen LogP contribution >= 0.6 is 24.0 Å². The van der Waals surface area contributed by atoms with E-state index in [1.165, 1.54) is 11.8 Å². The van der Waals surface area contributed by atoms with Crippen molar-refractivity contribution in [2.75, 3.05) is 20.3 Å². The van der Waals surface area contributed by atoms with Crippen molar-refractivity contribution in [3.05, 3.63) is 94.9 Å². The molecule has 3 aromatic carbocycles. The lowest BCUT2D eigenvalue weighted by atomic mass is 10.2. The molecule has 1 heterocycles. The largest absolute Gasteiger partial charge is 0.497 e. The normalized spacial score (nSPS) is 14.6. The Kier molecular flexibility index (Phi) is 7.65. The number of amides is 1. The molecule has 0 saturated carbocycles. The Balaban J connectivity index is 1.29. The Morgan fingerprint density at radius 1 is 0.879 bits per heavy atom. The minimum Gasteiger partial charge on any atom is -0.497 e. The molecule has 1 aliphatic heterocycles. The molecule has 0 spiro atoms. The fourth-order valence-corrected chi connectivity index (χ4v) is 4.48. The van der Waals surface area contributed by atoms with E-state index in [-0.39, 0.29) is 5.91 Å². The molecule has 0 aromatic heterocycles. The highest BCUT2D eigenvalue weighted by atomic mass is 32.2. The molecule has 0 bridgehead atoms. The first-order valence-electron chi connectivity index (χ1n) is 10.4. The molecule has 0 radical (unpaired) electrons. The van der Waals surface area contributed by atoms with Crippen LogP contribution < -0.4 is 14.2 Å². The van der Waals surface area contributed by atoms with Crippen molar-refractivity contribution in [1.82, 2.24) is 4.90 Å². The van der Waals surface area contributed by atoms with E-state index < -0.39 is 0 Å². The number of ether oxygens (including phenoxy) is 3. The number of methoxy groups -OCH3 is 1. The third-order valence-electron chi connectivity index (χ3n) is 4.90. The smallest absolute Gasteiger partial charge is 0.266 e. The van der Waals surface area contributed by atoms with E-state index in [2.05, 4.69) is 0 Å².